The van der Waals surface area contributed by atoms with Gasteiger partial charge in [-0.05, 0) is 64.8 Å². The largest absolute Gasteiger partial charge is 0.495 e. The van der Waals surface area contributed by atoms with Gasteiger partial charge in [0, 0.05) is 24.5 Å². The number of nitrogens with one attached hydrogen (secondary N) is 1. The van der Waals surface area contributed by atoms with E-state index in [2.05, 4.69) is 46.9 Å². The molecule has 2 saturated heterocycles. The van der Waals surface area contributed by atoms with Crippen LogP contribution in [0.15, 0.2) is 12.1 Å². The monoisotopic (exact) mass is 393 g/mol. The SMILES string of the molecule is COc1cc2c(NC(C)C)nc(N3CCCC3)nc2cc1C#CCN1CCCC1. The van der Waals surface area contributed by atoms with E-state index in [1.807, 2.05) is 6.07 Å². The van der Waals surface area contributed by atoms with Crippen LogP contribution in [0.1, 0.15) is 45.1 Å². The number of rotatable bonds is 5. The molecule has 0 unspecified atom stereocenters. The molecule has 0 aliphatic carbocycles. The Balaban J connectivity index is 1.73. The molecule has 29 heavy (non-hydrogen) atoms. The van der Waals surface area contributed by atoms with Gasteiger partial charge in [-0.15, -0.1) is 0 Å². The van der Waals surface area contributed by atoms with Crippen LogP contribution in [-0.4, -0.2) is 60.7 Å². The van der Waals surface area contributed by atoms with Gasteiger partial charge < -0.3 is 15.0 Å². The van der Waals surface area contributed by atoms with Gasteiger partial charge in [-0.1, -0.05) is 11.8 Å². The van der Waals surface area contributed by atoms with Gasteiger partial charge >= 0.3 is 0 Å². The minimum absolute atomic E-state index is 0.283. The van der Waals surface area contributed by atoms with Crippen molar-refractivity contribution in [2.24, 2.45) is 0 Å². The number of anilines is 2. The Morgan fingerprint density at radius 3 is 2.48 bits per heavy atom. The molecule has 3 heterocycles. The average molecular weight is 394 g/mol. The Morgan fingerprint density at radius 2 is 1.79 bits per heavy atom. The lowest BCUT2D eigenvalue weighted by molar-refractivity contribution is 0.383. The first-order chi connectivity index (χ1) is 14.1. The lowest BCUT2D eigenvalue weighted by Gasteiger charge is -2.19. The van der Waals surface area contributed by atoms with Crippen molar-refractivity contribution in [1.82, 2.24) is 14.9 Å². The fourth-order valence-corrected chi connectivity index (χ4v) is 4.04. The summed E-state index contributed by atoms with van der Waals surface area (Å²) < 4.78 is 5.66. The highest BCUT2D eigenvalue weighted by Crippen LogP contribution is 2.31. The van der Waals surface area contributed by atoms with Crippen LogP contribution < -0.4 is 15.0 Å². The number of benzene rings is 1. The molecule has 0 spiro atoms. The van der Waals surface area contributed by atoms with E-state index >= 15 is 0 Å². The second kappa shape index (κ2) is 8.87. The fourth-order valence-electron chi connectivity index (χ4n) is 4.04. The second-order valence-corrected chi connectivity index (χ2v) is 8.22. The molecular weight excluding hydrogens is 362 g/mol. The van der Waals surface area contributed by atoms with Gasteiger partial charge in [-0.2, -0.15) is 4.98 Å². The van der Waals surface area contributed by atoms with E-state index in [0.29, 0.717) is 0 Å². The van der Waals surface area contributed by atoms with Gasteiger partial charge in [0.05, 0.1) is 24.7 Å². The summed E-state index contributed by atoms with van der Waals surface area (Å²) in [5, 5.41) is 4.46. The molecule has 2 fully saturated rings. The topological polar surface area (TPSA) is 53.5 Å². The Labute approximate surface area is 173 Å². The number of fused-ring (bicyclic) bond motifs is 1. The summed E-state index contributed by atoms with van der Waals surface area (Å²) in [6, 6.07) is 4.36. The number of likely N-dealkylation sites (tertiary alicyclic amines) is 1. The smallest absolute Gasteiger partial charge is 0.227 e. The van der Waals surface area contributed by atoms with Crippen molar-refractivity contribution in [1.29, 1.82) is 0 Å². The van der Waals surface area contributed by atoms with Crippen LogP contribution in [-0.2, 0) is 0 Å². The number of hydrogen-bond donors (Lipinski definition) is 1. The minimum Gasteiger partial charge on any atom is -0.495 e. The van der Waals surface area contributed by atoms with E-state index in [9.17, 15) is 0 Å². The van der Waals surface area contributed by atoms with Crippen LogP contribution in [0.5, 0.6) is 5.75 Å². The number of hydrogen-bond acceptors (Lipinski definition) is 6. The molecule has 4 rings (SSSR count). The van der Waals surface area contributed by atoms with Gasteiger partial charge in [0.2, 0.25) is 5.95 Å². The zero-order chi connectivity index (χ0) is 20.2. The number of methoxy groups -OCH3 is 1. The molecule has 1 aromatic carbocycles. The highest BCUT2D eigenvalue weighted by molar-refractivity contribution is 5.92. The summed E-state index contributed by atoms with van der Waals surface area (Å²) in [6.07, 6.45) is 4.96. The third-order valence-corrected chi connectivity index (χ3v) is 5.54. The molecular formula is C23H31N5O. The van der Waals surface area contributed by atoms with Crippen LogP contribution in [0, 0.1) is 11.8 Å². The predicted octanol–water partition coefficient (Wildman–Crippen LogP) is 3.51. The molecule has 1 aromatic heterocycles. The van der Waals surface area contributed by atoms with Gasteiger partial charge in [-0.3, -0.25) is 4.90 Å². The fraction of sp³-hybridized carbons (Fsp3) is 0.565. The van der Waals surface area contributed by atoms with Crippen molar-refractivity contribution in [2.45, 2.75) is 45.6 Å². The van der Waals surface area contributed by atoms with E-state index < -0.39 is 0 Å². The van der Waals surface area contributed by atoms with Crippen LogP contribution in [0.25, 0.3) is 10.9 Å². The molecule has 6 heteroatoms. The van der Waals surface area contributed by atoms with E-state index in [1.165, 1.54) is 25.7 Å². The normalized spacial score (nSPS) is 17.0. The maximum atomic E-state index is 5.66. The third-order valence-electron chi connectivity index (χ3n) is 5.54. The van der Waals surface area contributed by atoms with E-state index in [-0.39, 0.29) is 6.04 Å². The summed E-state index contributed by atoms with van der Waals surface area (Å²) in [5.41, 5.74) is 1.80. The van der Waals surface area contributed by atoms with Gasteiger partial charge in [0.1, 0.15) is 11.6 Å². The molecule has 2 aliphatic heterocycles. The molecule has 154 valence electrons. The number of nitrogens with zero attached hydrogens (tertiary/aromatic N) is 4. The van der Waals surface area contributed by atoms with Gasteiger partial charge in [0.25, 0.3) is 0 Å². The number of ether oxygens (including phenoxy) is 1. The molecule has 0 radical (unpaired) electrons. The van der Waals surface area contributed by atoms with Crippen molar-refractivity contribution in [3.05, 3.63) is 17.7 Å². The Kier molecular flexibility index (Phi) is 6.05. The second-order valence-electron chi connectivity index (χ2n) is 8.22. The van der Waals surface area contributed by atoms with Crippen LogP contribution >= 0.6 is 0 Å². The van der Waals surface area contributed by atoms with Crippen molar-refractivity contribution < 1.29 is 4.74 Å². The first-order valence-corrected chi connectivity index (χ1v) is 10.8. The highest BCUT2D eigenvalue weighted by Gasteiger charge is 2.19. The Morgan fingerprint density at radius 1 is 1.07 bits per heavy atom. The molecule has 2 aromatic rings. The zero-order valence-corrected chi connectivity index (χ0v) is 17.8. The van der Waals surface area contributed by atoms with Crippen molar-refractivity contribution in [3.8, 4) is 17.6 Å². The van der Waals surface area contributed by atoms with Crippen LogP contribution in [0.4, 0.5) is 11.8 Å². The summed E-state index contributed by atoms with van der Waals surface area (Å²) in [7, 11) is 1.70. The Hall–Kier alpha value is -2.52. The molecule has 6 nitrogen and oxygen atoms in total. The van der Waals surface area contributed by atoms with Crippen LogP contribution in [0.2, 0.25) is 0 Å². The molecule has 0 atom stereocenters. The highest BCUT2D eigenvalue weighted by atomic mass is 16.5. The van der Waals surface area contributed by atoms with E-state index in [1.54, 1.807) is 7.11 Å². The molecule has 2 aliphatic rings. The molecule has 0 bridgehead atoms. The molecule has 0 amide bonds. The maximum Gasteiger partial charge on any atom is 0.227 e. The van der Waals surface area contributed by atoms with Crippen molar-refractivity contribution >= 4 is 22.7 Å². The Bertz CT molecular complexity index is 918. The van der Waals surface area contributed by atoms with Gasteiger partial charge in [0.15, 0.2) is 0 Å². The van der Waals surface area contributed by atoms with Crippen molar-refractivity contribution in [2.75, 3.05) is 50.1 Å². The van der Waals surface area contributed by atoms with E-state index in [0.717, 1.165) is 66.7 Å². The molecule has 1 N–H and O–H groups in total. The predicted molar refractivity (Wildman–Crippen MR) is 119 cm³/mol. The van der Waals surface area contributed by atoms with Crippen LogP contribution in [0.3, 0.4) is 0 Å². The minimum atomic E-state index is 0.283. The first-order valence-electron chi connectivity index (χ1n) is 10.8. The standard InChI is InChI=1S/C23H31N5O/c1-17(2)24-22-19-16-21(29-3)18(9-8-12-27-10-4-5-11-27)15-20(19)25-23(26-22)28-13-6-7-14-28/h15-17H,4-7,10-14H2,1-3H3,(H,24,25,26). The van der Waals surface area contributed by atoms with Gasteiger partial charge in [-0.25, -0.2) is 4.98 Å². The summed E-state index contributed by atoms with van der Waals surface area (Å²) in [6.45, 7) is 9.40. The zero-order valence-electron chi connectivity index (χ0n) is 17.8. The van der Waals surface area contributed by atoms with Crippen molar-refractivity contribution in [3.63, 3.8) is 0 Å². The quantitative estimate of drug-likeness (QED) is 0.785. The molecule has 0 saturated carbocycles. The first kappa shape index (κ1) is 19.8. The average Bonchev–Trinajstić information content (AvgIpc) is 3.41. The maximum absolute atomic E-state index is 5.66. The lowest BCUT2D eigenvalue weighted by atomic mass is 10.1. The van der Waals surface area contributed by atoms with E-state index in [4.69, 9.17) is 14.7 Å². The summed E-state index contributed by atoms with van der Waals surface area (Å²) in [4.78, 5) is 14.4. The number of aromatic nitrogens is 2. The lowest BCUT2D eigenvalue weighted by Crippen LogP contribution is -2.22. The third kappa shape index (κ3) is 4.56. The summed E-state index contributed by atoms with van der Waals surface area (Å²) >= 11 is 0. The summed E-state index contributed by atoms with van der Waals surface area (Å²) in [5.74, 6) is 9.09.